The van der Waals surface area contributed by atoms with Crippen molar-refractivity contribution in [2.24, 2.45) is 0 Å². The lowest BCUT2D eigenvalue weighted by Crippen LogP contribution is -2.27. The quantitative estimate of drug-likeness (QED) is 0.492. The molecule has 70 valence electrons. The molecule has 1 fully saturated rings. The van der Waals surface area contributed by atoms with E-state index in [1.807, 2.05) is 0 Å². The summed E-state index contributed by atoms with van der Waals surface area (Å²) in [5.74, 6) is 0. The molecule has 12 heavy (non-hydrogen) atoms. The molecule has 0 bridgehead atoms. The van der Waals surface area contributed by atoms with Gasteiger partial charge in [0.1, 0.15) is 11.6 Å². The van der Waals surface area contributed by atoms with Crippen LogP contribution in [0.5, 0.6) is 0 Å². The second-order valence-electron chi connectivity index (χ2n) is 2.82. The predicted molar refractivity (Wildman–Crippen MR) is 49.2 cm³/mol. The van der Waals surface area contributed by atoms with Gasteiger partial charge in [-0.2, -0.15) is 0 Å². The van der Waals surface area contributed by atoms with Crippen LogP contribution in [0, 0.1) is 0 Å². The molecule has 0 N–H and O–H groups in total. The average molecular weight is 188 g/mol. The van der Waals surface area contributed by atoms with Gasteiger partial charge in [0, 0.05) is 6.61 Å². The maximum absolute atomic E-state index is 5.65. The van der Waals surface area contributed by atoms with Crippen molar-refractivity contribution in [1.82, 2.24) is 0 Å². The highest BCUT2D eigenvalue weighted by atomic mass is 28.3. The molecule has 0 aromatic carbocycles. The standard InChI is InChI=1S/C8H16O3Si/c1-9-7-8(10-2)12-6-4-3-5-11-12/h7,12H,3-6H2,1-2H3. The van der Waals surface area contributed by atoms with E-state index in [0.717, 1.165) is 12.0 Å². The number of hydrogen-bond donors (Lipinski definition) is 0. The third-order valence-electron chi connectivity index (χ3n) is 1.97. The van der Waals surface area contributed by atoms with Gasteiger partial charge in [0.2, 0.25) is 0 Å². The predicted octanol–water partition coefficient (Wildman–Crippen LogP) is 1.19. The van der Waals surface area contributed by atoms with E-state index in [9.17, 15) is 0 Å². The molecule has 1 saturated heterocycles. The summed E-state index contributed by atoms with van der Waals surface area (Å²) < 4.78 is 15.8. The van der Waals surface area contributed by atoms with E-state index in [-0.39, 0.29) is 0 Å². The minimum atomic E-state index is -1.24. The Morgan fingerprint density at radius 3 is 2.75 bits per heavy atom. The van der Waals surface area contributed by atoms with Crippen LogP contribution in [0.25, 0.3) is 0 Å². The summed E-state index contributed by atoms with van der Waals surface area (Å²) >= 11 is 0. The SMILES string of the molecule is COC=C(OC)[SiH]1CCCCO1. The van der Waals surface area contributed by atoms with E-state index >= 15 is 0 Å². The highest BCUT2D eigenvalue weighted by Gasteiger charge is 2.22. The van der Waals surface area contributed by atoms with Gasteiger partial charge in [-0.3, -0.25) is 0 Å². The second kappa shape index (κ2) is 5.21. The monoisotopic (exact) mass is 188 g/mol. The molecule has 1 unspecified atom stereocenters. The topological polar surface area (TPSA) is 27.7 Å². The summed E-state index contributed by atoms with van der Waals surface area (Å²) in [7, 11) is 2.07. The van der Waals surface area contributed by atoms with Gasteiger partial charge in [0.25, 0.3) is 9.04 Å². The van der Waals surface area contributed by atoms with Crippen molar-refractivity contribution in [3.8, 4) is 0 Å². The molecule has 1 aliphatic rings. The Morgan fingerprint density at radius 1 is 1.42 bits per heavy atom. The molecule has 3 nitrogen and oxygen atoms in total. The minimum Gasteiger partial charge on any atom is -0.501 e. The van der Waals surface area contributed by atoms with E-state index in [1.54, 1.807) is 20.5 Å². The van der Waals surface area contributed by atoms with E-state index in [1.165, 1.54) is 18.9 Å². The number of hydrogen-bond acceptors (Lipinski definition) is 3. The first-order valence-corrected chi connectivity index (χ1v) is 6.13. The summed E-state index contributed by atoms with van der Waals surface area (Å²) in [6.07, 6.45) is 4.12. The van der Waals surface area contributed by atoms with Crippen LogP contribution in [0.4, 0.5) is 0 Å². The van der Waals surface area contributed by atoms with Crippen LogP contribution in [0.3, 0.4) is 0 Å². The molecule has 0 aromatic rings. The van der Waals surface area contributed by atoms with Crippen LogP contribution < -0.4 is 0 Å². The summed E-state index contributed by atoms with van der Waals surface area (Å²) in [5, 5.41) is 0.928. The van der Waals surface area contributed by atoms with Gasteiger partial charge in [-0.25, -0.2) is 0 Å². The first-order chi connectivity index (χ1) is 5.88. The molecule has 0 aromatic heterocycles. The zero-order valence-corrected chi connectivity index (χ0v) is 8.86. The van der Waals surface area contributed by atoms with Crippen molar-refractivity contribution in [3.05, 3.63) is 11.6 Å². The van der Waals surface area contributed by atoms with Crippen LogP contribution in [-0.4, -0.2) is 29.9 Å². The van der Waals surface area contributed by atoms with Crippen molar-refractivity contribution in [2.75, 3.05) is 20.8 Å². The number of ether oxygens (including phenoxy) is 2. The molecule has 0 radical (unpaired) electrons. The summed E-state index contributed by atoms with van der Waals surface area (Å²) in [5.41, 5.74) is 0. The zero-order valence-electron chi connectivity index (χ0n) is 7.71. The third kappa shape index (κ3) is 2.53. The summed E-state index contributed by atoms with van der Waals surface area (Å²) in [6.45, 7) is 0.890. The molecule has 1 atom stereocenters. The van der Waals surface area contributed by atoms with Gasteiger partial charge < -0.3 is 13.9 Å². The zero-order chi connectivity index (χ0) is 8.81. The Balaban J connectivity index is 2.46. The van der Waals surface area contributed by atoms with E-state index in [0.29, 0.717) is 0 Å². The molecule has 0 spiro atoms. The minimum absolute atomic E-state index is 0.890. The van der Waals surface area contributed by atoms with Gasteiger partial charge in [0.05, 0.1) is 14.2 Å². The summed E-state index contributed by atoms with van der Waals surface area (Å²) in [4.78, 5) is 0. The molecular weight excluding hydrogens is 172 g/mol. The van der Waals surface area contributed by atoms with Crippen molar-refractivity contribution in [1.29, 1.82) is 0 Å². The molecule has 0 amide bonds. The fourth-order valence-corrected chi connectivity index (χ4v) is 3.61. The largest absolute Gasteiger partial charge is 0.501 e. The molecule has 0 aliphatic carbocycles. The molecule has 4 heteroatoms. The van der Waals surface area contributed by atoms with Crippen molar-refractivity contribution < 1.29 is 13.9 Å². The number of methoxy groups -OCH3 is 2. The first-order valence-electron chi connectivity index (χ1n) is 4.27. The lowest BCUT2D eigenvalue weighted by Gasteiger charge is -2.21. The molecule has 1 heterocycles. The van der Waals surface area contributed by atoms with E-state index in [4.69, 9.17) is 13.9 Å². The van der Waals surface area contributed by atoms with E-state index in [2.05, 4.69) is 0 Å². The Bertz CT molecular complexity index is 152. The van der Waals surface area contributed by atoms with Gasteiger partial charge >= 0.3 is 0 Å². The fraction of sp³-hybridized carbons (Fsp3) is 0.750. The van der Waals surface area contributed by atoms with Gasteiger partial charge in [-0.1, -0.05) is 6.42 Å². The van der Waals surface area contributed by atoms with Crippen LogP contribution in [0.15, 0.2) is 11.6 Å². The maximum atomic E-state index is 5.65. The van der Waals surface area contributed by atoms with Crippen LogP contribution in [0.2, 0.25) is 6.04 Å². The third-order valence-corrected chi connectivity index (χ3v) is 4.54. The van der Waals surface area contributed by atoms with Crippen LogP contribution in [0.1, 0.15) is 12.8 Å². The molecule has 1 rings (SSSR count). The lowest BCUT2D eigenvalue weighted by atomic mass is 10.4. The number of rotatable bonds is 3. The van der Waals surface area contributed by atoms with Crippen molar-refractivity contribution >= 4 is 9.04 Å². The van der Waals surface area contributed by atoms with Crippen molar-refractivity contribution in [2.45, 2.75) is 18.9 Å². The van der Waals surface area contributed by atoms with Gasteiger partial charge in [-0.15, -0.1) is 0 Å². The van der Waals surface area contributed by atoms with Crippen LogP contribution >= 0.6 is 0 Å². The van der Waals surface area contributed by atoms with E-state index < -0.39 is 9.04 Å². The highest BCUT2D eigenvalue weighted by molar-refractivity contribution is 6.59. The lowest BCUT2D eigenvalue weighted by molar-refractivity contribution is 0.234. The second-order valence-corrected chi connectivity index (χ2v) is 5.27. The fourth-order valence-electron chi connectivity index (χ4n) is 1.34. The Morgan fingerprint density at radius 2 is 2.25 bits per heavy atom. The Kier molecular flexibility index (Phi) is 4.17. The Labute approximate surface area is 75.0 Å². The van der Waals surface area contributed by atoms with Gasteiger partial charge in [-0.05, 0) is 12.5 Å². The van der Waals surface area contributed by atoms with Crippen LogP contribution in [-0.2, 0) is 13.9 Å². The molecule has 1 aliphatic heterocycles. The smallest absolute Gasteiger partial charge is 0.252 e. The van der Waals surface area contributed by atoms with Gasteiger partial charge in [0.15, 0.2) is 0 Å². The van der Waals surface area contributed by atoms with Crippen molar-refractivity contribution in [3.63, 3.8) is 0 Å². The first kappa shape index (κ1) is 9.60. The highest BCUT2D eigenvalue weighted by Crippen LogP contribution is 2.17. The normalized spacial score (nSPS) is 25.2. The molecular formula is C8H16O3Si. The maximum Gasteiger partial charge on any atom is 0.252 e. The molecule has 0 saturated carbocycles. The average Bonchev–Trinajstić information content (AvgIpc) is 2.15. The Hall–Kier alpha value is -0.483. The summed E-state index contributed by atoms with van der Waals surface area (Å²) in [6, 6.07) is 1.17.